The first-order valence-electron chi connectivity index (χ1n) is 10.3. The Kier molecular flexibility index (Phi) is 5.40. The Hall–Kier alpha value is -3.23. The van der Waals surface area contributed by atoms with Crippen molar-refractivity contribution in [3.63, 3.8) is 0 Å². The third-order valence-electron chi connectivity index (χ3n) is 5.60. The fourth-order valence-electron chi connectivity index (χ4n) is 3.91. The van der Waals surface area contributed by atoms with Crippen LogP contribution in [0.2, 0.25) is 5.02 Å². The number of benzene rings is 2. The van der Waals surface area contributed by atoms with Crippen molar-refractivity contribution in [3.05, 3.63) is 63.7 Å². The third-order valence-corrected chi connectivity index (χ3v) is 5.85. The number of halogens is 2. The lowest BCUT2D eigenvalue weighted by Gasteiger charge is -2.29. The number of aryl methyl sites for hydroxylation is 1. The average molecular weight is 455 g/mol. The molecule has 32 heavy (non-hydrogen) atoms. The van der Waals surface area contributed by atoms with Crippen LogP contribution in [-0.4, -0.2) is 41.0 Å². The highest BCUT2D eigenvalue weighted by molar-refractivity contribution is 6.30. The van der Waals surface area contributed by atoms with Crippen molar-refractivity contribution in [1.82, 2.24) is 14.7 Å². The van der Waals surface area contributed by atoms with Gasteiger partial charge < -0.3 is 18.7 Å². The molecule has 0 aliphatic carbocycles. The summed E-state index contributed by atoms with van der Waals surface area (Å²) in [7, 11) is 0. The molecule has 1 fully saturated rings. The molecule has 0 unspecified atom stereocenters. The Morgan fingerprint density at radius 2 is 1.91 bits per heavy atom. The molecule has 1 aliphatic rings. The monoisotopic (exact) mass is 454 g/mol. The second-order valence-corrected chi connectivity index (χ2v) is 7.94. The number of morpholine rings is 1. The highest BCUT2D eigenvalue weighted by Gasteiger charge is 2.21. The van der Waals surface area contributed by atoms with Crippen LogP contribution in [0.3, 0.4) is 0 Å². The van der Waals surface area contributed by atoms with Gasteiger partial charge in [0.2, 0.25) is 11.3 Å². The van der Waals surface area contributed by atoms with E-state index in [1.807, 2.05) is 16.4 Å². The minimum Gasteiger partial charge on any atom is -0.378 e. The van der Waals surface area contributed by atoms with Crippen molar-refractivity contribution >= 4 is 28.2 Å². The van der Waals surface area contributed by atoms with Crippen LogP contribution in [0.4, 0.5) is 10.1 Å². The van der Waals surface area contributed by atoms with E-state index in [0.717, 1.165) is 0 Å². The van der Waals surface area contributed by atoms with E-state index < -0.39 is 5.82 Å². The summed E-state index contributed by atoms with van der Waals surface area (Å²) >= 11 is 5.94. The minimum atomic E-state index is -0.441. The number of aromatic nitrogens is 3. The van der Waals surface area contributed by atoms with Gasteiger partial charge in [0.25, 0.3) is 5.89 Å². The second-order valence-electron chi connectivity index (χ2n) is 7.51. The number of nitrogens with zero attached hydrogens (tertiary/aromatic N) is 4. The van der Waals surface area contributed by atoms with Gasteiger partial charge >= 0.3 is 0 Å². The van der Waals surface area contributed by atoms with Crippen molar-refractivity contribution in [3.8, 4) is 22.8 Å². The van der Waals surface area contributed by atoms with Gasteiger partial charge in [-0.3, -0.25) is 4.79 Å². The Morgan fingerprint density at radius 3 is 2.62 bits per heavy atom. The Balaban J connectivity index is 1.61. The molecular formula is C23H20ClFN4O3. The molecule has 0 atom stereocenters. The Labute approximate surface area is 188 Å². The lowest BCUT2D eigenvalue weighted by Crippen LogP contribution is -2.36. The van der Waals surface area contributed by atoms with E-state index in [-0.39, 0.29) is 22.3 Å². The summed E-state index contributed by atoms with van der Waals surface area (Å²) in [5.41, 5.74) is 1.70. The fraction of sp³-hybridized carbons (Fsp3) is 0.261. The Bertz CT molecular complexity index is 1340. The molecule has 2 aromatic heterocycles. The largest absolute Gasteiger partial charge is 0.378 e. The number of hydrogen-bond donors (Lipinski definition) is 0. The zero-order valence-corrected chi connectivity index (χ0v) is 18.1. The molecule has 1 aliphatic heterocycles. The molecule has 0 spiro atoms. The van der Waals surface area contributed by atoms with Gasteiger partial charge in [-0.15, -0.1) is 0 Å². The van der Waals surface area contributed by atoms with Crippen LogP contribution in [0.1, 0.15) is 6.92 Å². The van der Waals surface area contributed by atoms with Gasteiger partial charge in [-0.05, 0) is 43.3 Å². The number of anilines is 1. The summed E-state index contributed by atoms with van der Waals surface area (Å²) in [6, 6.07) is 10.0. The third kappa shape index (κ3) is 3.65. The van der Waals surface area contributed by atoms with E-state index >= 15 is 4.39 Å². The van der Waals surface area contributed by atoms with Gasteiger partial charge in [0.1, 0.15) is 11.4 Å². The first-order chi connectivity index (χ1) is 15.5. The quantitative estimate of drug-likeness (QED) is 0.456. The molecule has 3 heterocycles. The average Bonchev–Trinajstić information content (AvgIpc) is 3.30. The van der Waals surface area contributed by atoms with Crippen LogP contribution < -0.4 is 10.3 Å². The van der Waals surface area contributed by atoms with E-state index in [9.17, 15) is 4.79 Å². The molecule has 0 saturated carbocycles. The van der Waals surface area contributed by atoms with Gasteiger partial charge in [0.05, 0.1) is 24.4 Å². The molecule has 0 N–H and O–H groups in total. The van der Waals surface area contributed by atoms with Gasteiger partial charge in [-0.25, -0.2) is 4.39 Å². The molecular weight excluding hydrogens is 435 g/mol. The SMILES string of the molecule is CCn1cc(-c2nc(-c3ccc(Cl)cc3)no2)c(=O)c2cc(F)c(N3CCOCC3)cc21. The Morgan fingerprint density at radius 1 is 1.16 bits per heavy atom. The van der Waals surface area contributed by atoms with E-state index in [4.69, 9.17) is 20.9 Å². The normalized spacial score (nSPS) is 14.3. The van der Waals surface area contributed by atoms with Crippen LogP contribution >= 0.6 is 11.6 Å². The van der Waals surface area contributed by atoms with Gasteiger partial charge in [0.15, 0.2) is 0 Å². The summed E-state index contributed by atoms with van der Waals surface area (Å²) in [6.45, 7) is 4.83. The van der Waals surface area contributed by atoms with Crippen molar-refractivity contribution in [2.45, 2.75) is 13.5 Å². The molecule has 4 aromatic rings. The van der Waals surface area contributed by atoms with Crippen LogP contribution in [0.15, 0.2) is 51.9 Å². The molecule has 5 rings (SSSR count). The van der Waals surface area contributed by atoms with Crippen molar-refractivity contribution < 1.29 is 13.7 Å². The van der Waals surface area contributed by atoms with Crippen LogP contribution in [0, 0.1) is 5.82 Å². The van der Waals surface area contributed by atoms with Crippen LogP contribution in [0.5, 0.6) is 0 Å². The summed E-state index contributed by atoms with van der Waals surface area (Å²) in [6.07, 6.45) is 1.69. The highest BCUT2D eigenvalue weighted by Crippen LogP contribution is 2.28. The molecule has 164 valence electrons. The van der Waals surface area contributed by atoms with Crippen molar-refractivity contribution in [1.29, 1.82) is 0 Å². The molecule has 9 heteroatoms. The van der Waals surface area contributed by atoms with E-state index in [1.165, 1.54) is 6.07 Å². The molecule has 0 radical (unpaired) electrons. The maximum atomic E-state index is 15.0. The lowest BCUT2D eigenvalue weighted by molar-refractivity contribution is 0.122. The molecule has 7 nitrogen and oxygen atoms in total. The van der Waals surface area contributed by atoms with Gasteiger partial charge in [0, 0.05) is 41.8 Å². The first kappa shape index (κ1) is 20.7. The van der Waals surface area contributed by atoms with E-state index in [0.29, 0.717) is 60.5 Å². The molecule has 1 saturated heterocycles. The predicted octanol–water partition coefficient (Wildman–Crippen LogP) is 4.37. The zero-order valence-electron chi connectivity index (χ0n) is 17.3. The maximum Gasteiger partial charge on any atom is 0.263 e. The maximum absolute atomic E-state index is 15.0. The number of hydrogen-bond acceptors (Lipinski definition) is 6. The molecule has 2 aromatic carbocycles. The van der Waals surface area contributed by atoms with Crippen molar-refractivity contribution in [2.24, 2.45) is 0 Å². The second kappa shape index (κ2) is 8.37. The highest BCUT2D eigenvalue weighted by atomic mass is 35.5. The zero-order chi connectivity index (χ0) is 22.2. The smallest absolute Gasteiger partial charge is 0.263 e. The van der Waals surface area contributed by atoms with E-state index in [1.54, 1.807) is 36.5 Å². The number of pyridine rings is 1. The number of ether oxygens (including phenoxy) is 1. The van der Waals surface area contributed by atoms with E-state index in [2.05, 4.69) is 10.1 Å². The summed E-state index contributed by atoms with van der Waals surface area (Å²) < 4.78 is 27.7. The lowest BCUT2D eigenvalue weighted by atomic mass is 10.1. The fourth-order valence-corrected chi connectivity index (χ4v) is 4.04. The number of fused-ring (bicyclic) bond motifs is 1. The van der Waals surface area contributed by atoms with Gasteiger partial charge in [-0.2, -0.15) is 4.98 Å². The number of rotatable bonds is 4. The summed E-state index contributed by atoms with van der Waals surface area (Å²) in [5.74, 6) is -0.0153. The van der Waals surface area contributed by atoms with Crippen molar-refractivity contribution in [2.75, 3.05) is 31.2 Å². The predicted molar refractivity (Wildman–Crippen MR) is 121 cm³/mol. The molecule has 0 bridgehead atoms. The first-order valence-corrected chi connectivity index (χ1v) is 10.7. The van der Waals surface area contributed by atoms with Crippen LogP contribution in [-0.2, 0) is 11.3 Å². The standard InChI is InChI=1S/C23H20ClFN4O3/c1-2-28-13-17(23-26-22(27-32-23)14-3-5-15(24)6-4-14)21(30)16-11-18(25)20(12-19(16)28)29-7-9-31-10-8-29/h3-6,11-13H,2,7-10H2,1H3. The minimum absolute atomic E-state index is 0.0849. The van der Waals surface area contributed by atoms with Gasteiger partial charge in [-0.1, -0.05) is 16.8 Å². The van der Waals surface area contributed by atoms with Crippen LogP contribution in [0.25, 0.3) is 33.7 Å². The topological polar surface area (TPSA) is 73.4 Å². The molecule has 0 amide bonds. The summed E-state index contributed by atoms with van der Waals surface area (Å²) in [5, 5.41) is 4.85. The summed E-state index contributed by atoms with van der Waals surface area (Å²) in [4.78, 5) is 19.6.